The summed E-state index contributed by atoms with van der Waals surface area (Å²) >= 11 is 0. The molecule has 1 aromatic carbocycles. The van der Waals surface area contributed by atoms with Gasteiger partial charge in [-0.25, -0.2) is 4.39 Å². The molecule has 0 N–H and O–H groups in total. The fourth-order valence-electron chi connectivity index (χ4n) is 2.06. The van der Waals surface area contributed by atoms with E-state index in [0.717, 1.165) is 25.7 Å². The molecule has 0 aliphatic carbocycles. The first-order valence-corrected chi connectivity index (χ1v) is 6.84. The van der Waals surface area contributed by atoms with Crippen molar-refractivity contribution in [3.05, 3.63) is 35.4 Å². The quantitative estimate of drug-likeness (QED) is 0.514. The molecule has 0 heterocycles. The lowest BCUT2D eigenvalue weighted by atomic mass is 9.96. The van der Waals surface area contributed by atoms with Crippen molar-refractivity contribution in [3.63, 3.8) is 0 Å². The Morgan fingerprint density at radius 1 is 1.16 bits per heavy atom. The van der Waals surface area contributed by atoms with Crippen LogP contribution in [0.3, 0.4) is 0 Å². The van der Waals surface area contributed by atoms with Crippen LogP contribution in [0.2, 0.25) is 0 Å². The van der Waals surface area contributed by atoms with Crippen molar-refractivity contribution in [2.75, 3.05) is 0 Å². The Balaban J connectivity index is 2.69. The minimum Gasteiger partial charge on any atom is -0.296 e. The largest absolute Gasteiger partial charge is 0.296 e. The van der Waals surface area contributed by atoms with Crippen LogP contribution < -0.4 is 0 Å². The average molecular weight is 264 g/mol. The minimum absolute atomic E-state index is 0.204. The molecule has 0 aliphatic heterocycles. The molecule has 3 heteroatoms. The molecular weight excluding hydrogens is 243 g/mol. The summed E-state index contributed by atoms with van der Waals surface area (Å²) in [5, 5.41) is 0. The van der Waals surface area contributed by atoms with Gasteiger partial charge in [-0.1, -0.05) is 50.5 Å². The van der Waals surface area contributed by atoms with E-state index in [1.54, 1.807) is 18.2 Å². The van der Waals surface area contributed by atoms with Gasteiger partial charge in [0.2, 0.25) is 0 Å². The van der Waals surface area contributed by atoms with Gasteiger partial charge in [0.1, 0.15) is 0 Å². The minimum atomic E-state index is -1.68. The standard InChI is InChI=1S/C16H21FO2/c1-3-4-5-6-11-15(19)16(17)14-10-8-7-9-13(14)12(2)18/h7-10,16H,3-6,11H2,1-2H3. The van der Waals surface area contributed by atoms with Gasteiger partial charge in [-0.15, -0.1) is 0 Å². The number of Topliss-reactive ketones (excluding diaryl/α,β-unsaturated/α-hetero) is 2. The Bertz CT molecular complexity index is 440. The predicted molar refractivity (Wildman–Crippen MR) is 74.1 cm³/mol. The highest BCUT2D eigenvalue weighted by Crippen LogP contribution is 2.25. The number of benzene rings is 1. The van der Waals surface area contributed by atoms with Crippen LogP contribution in [0.15, 0.2) is 24.3 Å². The summed E-state index contributed by atoms with van der Waals surface area (Å²) in [7, 11) is 0. The van der Waals surface area contributed by atoms with E-state index in [0.29, 0.717) is 5.56 Å². The van der Waals surface area contributed by atoms with Gasteiger partial charge >= 0.3 is 0 Å². The monoisotopic (exact) mass is 264 g/mol. The molecule has 0 spiro atoms. The third-order valence-electron chi connectivity index (χ3n) is 3.17. The van der Waals surface area contributed by atoms with Crippen molar-refractivity contribution in [2.45, 2.75) is 52.1 Å². The van der Waals surface area contributed by atoms with E-state index in [1.165, 1.54) is 13.0 Å². The summed E-state index contributed by atoms with van der Waals surface area (Å²) in [6.45, 7) is 3.47. The number of carbonyl (C=O) groups is 2. The predicted octanol–water partition coefficient (Wildman–Crippen LogP) is 4.44. The third-order valence-corrected chi connectivity index (χ3v) is 3.17. The number of halogens is 1. The van der Waals surface area contributed by atoms with Gasteiger partial charge in [-0.05, 0) is 13.3 Å². The highest BCUT2D eigenvalue weighted by Gasteiger charge is 2.22. The Kier molecular flexibility index (Phi) is 6.40. The number of hydrogen-bond acceptors (Lipinski definition) is 2. The molecule has 0 aliphatic rings. The maximum atomic E-state index is 14.2. The number of hydrogen-bond donors (Lipinski definition) is 0. The zero-order valence-corrected chi connectivity index (χ0v) is 11.6. The maximum Gasteiger partial charge on any atom is 0.184 e. The summed E-state index contributed by atoms with van der Waals surface area (Å²) in [6.07, 6.45) is 2.38. The van der Waals surface area contributed by atoms with E-state index >= 15 is 0 Å². The van der Waals surface area contributed by atoms with Gasteiger partial charge in [0, 0.05) is 17.5 Å². The molecule has 19 heavy (non-hydrogen) atoms. The molecule has 0 aromatic heterocycles. The van der Waals surface area contributed by atoms with Gasteiger partial charge in [-0.3, -0.25) is 9.59 Å². The average Bonchev–Trinajstić information content (AvgIpc) is 2.42. The second kappa shape index (κ2) is 7.82. The first-order valence-electron chi connectivity index (χ1n) is 6.84. The number of unbranched alkanes of at least 4 members (excludes halogenated alkanes) is 3. The van der Waals surface area contributed by atoms with Crippen LogP contribution in [0.4, 0.5) is 4.39 Å². The molecule has 1 rings (SSSR count). The first-order chi connectivity index (χ1) is 9.07. The van der Waals surface area contributed by atoms with Gasteiger partial charge in [0.15, 0.2) is 17.7 Å². The third kappa shape index (κ3) is 4.58. The Labute approximate surface area is 114 Å². The summed E-state index contributed by atoms with van der Waals surface area (Å²) in [5.74, 6) is -0.637. The van der Waals surface area contributed by atoms with Crippen molar-refractivity contribution >= 4 is 11.6 Å². The van der Waals surface area contributed by atoms with Crippen LogP contribution in [0, 0.1) is 0 Å². The molecule has 104 valence electrons. The molecular formula is C16H21FO2. The van der Waals surface area contributed by atoms with E-state index in [1.807, 2.05) is 0 Å². The Hall–Kier alpha value is -1.51. The molecule has 0 amide bonds. The molecule has 0 saturated carbocycles. The molecule has 1 atom stereocenters. The zero-order valence-electron chi connectivity index (χ0n) is 11.6. The number of ketones is 2. The van der Waals surface area contributed by atoms with Gasteiger partial charge in [0.05, 0.1) is 0 Å². The van der Waals surface area contributed by atoms with Gasteiger partial charge < -0.3 is 0 Å². The van der Waals surface area contributed by atoms with Crippen molar-refractivity contribution < 1.29 is 14.0 Å². The lowest BCUT2D eigenvalue weighted by molar-refractivity contribution is -0.124. The van der Waals surface area contributed by atoms with E-state index < -0.39 is 12.0 Å². The van der Waals surface area contributed by atoms with Crippen LogP contribution in [-0.4, -0.2) is 11.6 Å². The smallest absolute Gasteiger partial charge is 0.184 e. The van der Waals surface area contributed by atoms with Crippen LogP contribution in [0.1, 0.15) is 68.0 Å². The fraction of sp³-hybridized carbons (Fsp3) is 0.500. The van der Waals surface area contributed by atoms with Crippen molar-refractivity contribution in [1.29, 1.82) is 0 Å². The second-order valence-corrected chi connectivity index (χ2v) is 4.78. The lowest BCUT2D eigenvalue weighted by Crippen LogP contribution is -2.11. The topological polar surface area (TPSA) is 34.1 Å². The number of rotatable bonds is 8. The van der Waals surface area contributed by atoms with E-state index in [2.05, 4.69) is 6.92 Å². The van der Waals surface area contributed by atoms with Crippen molar-refractivity contribution in [2.24, 2.45) is 0 Å². The van der Waals surface area contributed by atoms with Crippen LogP contribution >= 0.6 is 0 Å². The highest BCUT2D eigenvalue weighted by molar-refractivity contribution is 5.97. The molecule has 0 bridgehead atoms. The normalized spacial score (nSPS) is 12.2. The van der Waals surface area contributed by atoms with Crippen LogP contribution in [0.25, 0.3) is 0 Å². The van der Waals surface area contributed by atoms with Crippen molar-refractivity contribution in [1.82, 2.24) is 0 Å². The second-order valence-electron chi connectivity index (χ2n) is 4.78. The van der Waals surface area contributed by atoms with Gasteiger partial charge in [-0.2, -0.15) is 0 Å². The van der Waals surface area contributed by atoms with Gasteiger partial charge in [0.25, 0.3) is 0 Å². The SMILES string of the molecule is CCCCCCC(=O)C(F)c1ccccc1C(C)=O. The highest BCUT2D eigenvalue weighted by atomic mass is 19.1. The van der Waals surface area contributed by atoms with E-state index in [4.69, 9.17) is 0 Å². The molecule has 0 fully saturated rings. The number of alkyl halides is 1. The lowest BCUT2D eigenvalue weighted by Gasteiger charge is -2.11. The number of carbonyl (C=O) groups excluding carboxylic acids is 2. The summed E-state index contributed by atoms with van der Waals surface area (Å²) < 4.78 is 14.2. The molecule has 1 unspecified atom stereocenters. The Morgan fingerprint density at radius 2 is 1.84 bits per heavy atom. The summed E-state index contributed by atoms with van der Waals surface area (Å²) in [4.78, 5) is 23.2. The molecule has 0 saturated heterocycles. The van der Waals surface area contributed by atoms with Crippen LogP contribution in [0.5, 0.6) is 0 Å². The molecule has 1 aromatic rings. The zero-order chi connectivity index (χ0) is 14.3. The molecule has 2 nitrogen and oxygen atoms in total. The first kappa shape index (κ1) is 15.5. The van der Waals surface area contributed by atoms with Crippen molar-refractivity contribution in [3.8, 4) is 0 Å². The summed E-state index contributed by atoms with van der Waals surface area (Å²) in [6, 6.07) is 6.41. The Morgan fingerprint density at radius 3 is 2.47 bits per heavy atom. The maximum absolute atomic E-state index is 14.2. The summed E-state index contributed by atoms with van der Waals surface area (Å²) in [5.41, 5.74) is 0.507. The van der Waals surface area contributed by atoms with Crippen LogP contribution in [-0.2, 0) is 4.79 Å². The van der Waals surface area contributed by atoms with E-state index in [9.17, 15) is 14.0 Å². The molecule has 0 radical (unpaired) electrons. The van der Waals surface area contributed by atoms with E-state index in [-0.39, 0.29) is 17.8 Å². The fourth-order valence-corrected chi connectivity index (χ4v) is 2.06.